The van der Waals surface area contributed by atoms with Gasteiger partial charge in [-0.2, -0.15) is 0 Å². The summed E-state index contributed by atoms with van der Waals surface area (Å²) in [6.07, 6.45) is 7.58. The molecule has 1 aliphatic heterocycles. The van der Waals surface area contributed by atoms with Gasteiger partial charge in [0.1, 0.15) is 0 Å². The molecule has 0 atom stereocenters. The van der Waals surface area contributed by atoms with E-state index in [9.17, 15) is 0 Å². The minimum atomic E-state index is 0.396. The Balaban J connectivity index is 1.52. The molecule has 1 N–H and O–H groups in total. The lowest BCUT2D eigenvalue weighted by molar-refractivity contribution is 0.0690. The highest BCUT2D eigenvalue weighted by atomic mass is 32.2. The molecule has 0 unspecified atom stereocenters. The van der Waals surface area contributed by atoms with Crippen molar-refractivity contribution in [2.75, 3.05) is 39.2 Å². The van der Waals surface area contributed by atoms with Crippen molar-refractivity contribution in [2.24, 2.45) is 4.99 Å². The van der Waals surface area contributed by atoms with E-state index in [-0.39, 0.29) is 0 Å². The van der Waals surface area contributed by atoms with E-state index in [1.165, 1.54) is 36.6 Å². The fraction of sp³-hybridized carbons (Fsp3) is 0.929. The third kappa shape index (κ3) is 4.97. The molecule has 2 fully saturated rings. The van der Waals surface area contributed by atoms with Crippen molar-refractivity contribution in [2.45, 2.75) is 44.1 Å². The van der Waals surface area contributed by atoms with Crippen LogP contribution in [-0.2, 0) is 9.47 Å². The van der Waals surface area contributed by atoms with E-state index in [0.29, 0.717) is 18.8 Å². The van der Waals surface area contributed by atoms with Gasteiger partial charge in [-0.25, -0.2) is 0 Å². The standard InChI is InChI=1S/C14H26N2O2S/c1-17-10-11-18-9-5-4-8-15-13-16-14(12-19-13)6-2-3-7-14/h2-12H2,1H3,(H,15,16). The minimum absolute atomic E-state index is 0.396. The molecule has 0 aromatic heterocycles. The molecule has 1 aliphatic carbocycles. The van der Waals surface area contributed by atoms with E-state index in [4.69, 9.17) is 9.47 Å². The zero-order chi connectivity index (χ0) is 13.4. The summed E-state index contributed by atoms with van der Waals surface area (Å²) in [4.78, 5) is 4.66. The second-order valence-electron chi connectivity index (χ2n) is 5.40. The summed E-state index contributed by atoms with van der Waals surface area (Å²) >= 11 is 1.90. The van der Waals surface area contributed by atoms with E-state index in [2.05, 4.69) is 10.3 Å². The molecule has 0 amide bonds. The third-order valence-corrected chi connectivity index (χ3v) is 5.00. The van der Waals surface area contributed by atoms with Gasteiger partial charge in [-0.05, 0) is 25.7 Å². The number of amidine groups is 1. The average Bonchev–Trinajstić information content (AvgIpc) is 3.04. The number of rotatable bonds is 8. The molecule has 1 saturated heterocycles. The summed E-state index contributed by atoms with van der Waals surface area (Å²) in [6.45, 7) is 3.12. The Morgan fingerprint density at radius 2 is 2.05 bits per heavy atom. The normalized spacial score (nSPS) is 23.3. The number of aliphatic imine (C=N–C) groups is 1. The molecule has 5 heteroatoms. The lowest BCUT2D eigenvalue weighted by atomic mass is 10.0. The van der Waals surface area contributed by atoms with Crippen molar-refractivity contribution in [3.8, 4) is 0 Å². The van der Waals surface area contributed by atoms with Crippen molar-refractivity contribution in [1.29, 1.82) is 0 Å². The maximum Gasteiger partial charge on any atom is 0.157 e. The first-order chi connectivity index (χ1) is 9.35. The van der Waals surface area contributed by atoms with Crippen molar-refractivity contribution in [3.63, 3.8) is 0 Å². The number of unbranched alkanes of at least 4 members (excludes halogenated alkanes) is 1. The van der Waals surface area contributed by atoms with Crippen LogP contribution in [0.5, 0.6) is 0 Å². The maximum absolute atomic E-state index is 5.43. The molecule has 0 aromatic carbocycles. The van der Waals surface area contributed by atoms with E-state index in [1.807, 2.05) is 11.8 Å². The molecule has 4 nitrogen and oxygen atoms in total. The number of hydrogen-bond donors (Lipinski definition) is 1. The maximum atomic E-state index is 5.43. The Morgan fingerprint density at radius 1 is 1.21 bits per heavy atom. The van der Waals surface area contributed by atoms with Crippen LogP contribution in [0.15, 0.2) is 4.99 Å². The van der Waals surface area contributed by atoms with Gasteiger partial charge in [-0.15, -0.1) is 0 Å². The van der Waals surface area contributed by atoms with Crippen molar-refractivity contribution < 1.29 is 9.47 Å². The molecule has 110 valence electrons. The molecule has 1 spiro atoms. The predicted octanol–water partition coefficient (Wildman–Crippen LogP) is 2.43. The molecular weight excluding hydrogens is 260 g/mol. The van der Waals surface area contributed by atoms with E-state index in [1.54, 1.807) is 7.11 Å². The van der Waals surface area contributed by atoms with Crippen molar-refractivity contribution >= 4 is 16.9 Å². The highest BCUT2D eigenvalue weighted by molar-refractivity contribution is 8.14. The van der Waals surface area contributed by atoms with Gasteiger partial charge in [0.05, 0.1) is 13.2 Å². The number of hydrogen-bond acceptors (Lipinski definition) is 4. The topological polar surface area (TPSA) is 42.9 Å². The second kappa shape index (κ2) is 8.12. The number of thioether (sulfide) groups is 1. The van der Waals surface area contributed by atoms with Crippen LogP contribution in [0.1, 0.15) is 38.5 Å². The molecule has 0 aromatic rings. The largest absolute Gasteiger partial charge is 0.382 e. The van der Waals surface area contributed by atoms with E-state index >= 15 is 0 Å². The average molecular weight is 286 g/mol. The molecule has 1 saturated carbocycles. The number of nitrogens with zero attached hydrogens (tertiary/aromatic N) is 1. The quantitative estimate of drug-likeness (QED) is 0.696. The number of ether oxygens (including phenoxy) is 2. The van der Waals surface area contributed by atoms with Crippen LogP contribution in [0.4, 0.5) is 0 Å². The Hall–Kier alpha value is -0.260. The summed E-state index contributed by atoms with van der Waals surface area (Å²) in [6, 6.07) is 0. The molecule has 19 heavy (non-hydrogen) atoms. The monoisotopic (exact) mass is 286 g/mol. The van der Waals surface area contributed by atoms with Gasteiger partial charge in [0, 0.05) is 31.6 Å². The van der Waals surface area contributed by atoms with Crippen LogP contribution >= 0.6 is 11.8 Å². The predicted molar refractivity (Wildman–Crippen MR) is 81.0 cm³/mol. The summed E-state index contributed by atoms with van der Waals surface area (Å²) < 4.78 is 10.4. The molecule has 1 heterocycles. The first kappa shape index (κ1) is 15.1. The minimum Gasteiger partial charge on any atom is -0.382 e. The summed E-state index contributed by atoms with van der Waals surface area (Å²) in [5, 5.41) is 4.82. The van der Waals surface area contributed by atoms with Gasteiger partial charge < -0.3 is 14.8 Å². The van der Waals surface area contributed by atoms with Crippen LogP contribution in [0.3, 0.4) is 0 Å². The third-order valence-electron chi connectivity index (χ3n) is 3.80. The van der Waals surface area contributed by atoms with Gasteiger partial charge in [0.25, 0.3) is 0 Å². The highest BCUT2D eigenvalue weighted by Crippen LogP contribution is 2.37. The van der Waals surface area contributed by atoms with Gasteiger partial charge in [-0.3, -0.25) is 4.99 Å². The van der Waals surface area contributed by atoms with Crippen LogP contribution in [-0.4, -0.2) is 49.9 Å². The Morgan fingerprint density at radius 3 is 2.84 bits per heavy atom. The Bertz CT molecular complexity index is 291. The SMILES string of the molecule is COCCOCCCCN=C1NC2(CCCC2)CS1. The van der Waals surface area contributed by atoms with E-state index in [0.717, 1.165) is 26.0 Å². The fourth-order valence-electron chi connectivity index (χ4n) is 2.65. The first-order valence-corrected chi connectivity index (χ1v) is 8.35. The van der Waals surface area contributed by atoms with E-state index < -0.39 is 0 Å². The van der Waals surface area contributed by atoms with Gasteiger partial charge in [0.2, 0.25) is 0 Å². The smallest absolute Gasteiger partial charge is 0.157 e. The molecule has 0 radical (unpaired) electrons. The van der Waals surface area contributed by atoms with Crippen LogP contribution in [0.25, 0.3) is 0 Å². The summed E-state index contributed by atoms with van der Waals surface area (Å²) in [5.74, 6) is 1.21. The lowest BCUT2D eigenvalue weighted by Gasteiger charge is -2.21. The molecule has 2 rings (SSSR count). The van der Waals surface area contributed by atoms with Crippen LogP contribution in [0, 0.1) is 0 Å². The van der Waals surface area contributed by atoms with Crippen LogP contribution < -0.4 is 5.32 Å². The molecule has 2 aliphatic rings. The van der Waals surface area contributed by atoms with Crippen molar-refractivity contribution in [3.05, 3.63) is 0 Å². The van der Waals surface area contributed by atoms with Crippen LogP contribution in [0.2, 0.25) is 0 Å². The summed E-state index contributed by atoms with van der Waals surface area (Å²) in [5.41, 5.74) is 0.396. The fourth-order valence-corrected chi connectivity index (χ4v) is 3.90. The zero-order valence-corrected chi connectivity index (χ0v) is 12.8. The zero-order valence-electron chi connectivity index (χ0n) is 12.0. The Labute approximate surface area is 120 Å². The highest BCUT2D eigenvalue weighted by Gasteiger charge is 2.39. The number of nitrogens with one attached hydrogen (secondary N) is 1. The van der Waals surface area contributed by atoms with Gasteiger partial charge >= 0.3 is 0 Å². The van der Waals surface area contributed by atoms with Crippen molar-refractivity contribution in [1.82, 2.24) is 5.32 Å². The Kier molecular flexibility index (Phi) is 6.47. The number of methoxy groups -OCH3 is 1. The second-order valence-corrected chi connectivity index (χ2v) is 6.36. The molecule has 0 bridgehead atoms. The lowest BCUT2D eigenvalue weighted by Crippen LogP contribution is -2.40. The first-order valence-electron chi connectivity index (χ1n) is 7.37. The summed E-state index contributed by atoms with van der Waals surface area (Å²) in [7, 11) is 1.70. The van der Waals surface area contributed by atoms with Gasteiger partial charge in [-0.1, -0.05) is 24.6 Å². The van der Waals surface area contributed by atoms with Gasteiger partial charge in [0.15, 0.2) is 5.17 Å². The molecular formula is C14H26N2O2S.